The summed E-state index contributed by atoms with van der Waals surface area (Å²) in [4.78, 5) is 4.21. The maximum absolute atomic E-state index is 5.24. The van der Waals surface area contributed by atoms with Crippen molar-refractivity contribution in [1.82, 2.24) is 4.98 Å². The van der Waals surface area contributed by atoms with Crippen molar-refractivity contribution in [3.8, 4) is 12.3 Å². The van der Waals surface area contributed by atoms with Gasteiger partial charge in [0, 0.05) is 23.3 Å². The maximum atomic E-state index is 5.24. The Labute approximate surface area is 86.5 Å². The lowest BCUT2D eigenvalue weighted by molar-refractivity contribution is 0.115. The van der Waals surface area contributed by atoms with Gasteiger partial charge in [0.05, 0.1) is 11.8 Å². The fourth-order valence-corrected chi connectivity index (χ4v) is 1.61. The van der Waals surface area contributed by atoms with Crippen LogP contribution in [0.25, 0.3) is 0 Å². The molecule has 1 aromatic heterocycles. The Kier molecular flexibility index (Phi) is 3.47. The lowest BCUT2D eigenvalue weighted by Gasteiger charge is -2.10. The van der Waals surface area contributed by atoms with Gasteiger partial charge in [-0.1, -0.05) is 5.92 Å². The first kappa shape index (κ1) is 10.2. The Balaban J connectivity index is 3.07. The van der Waals surface area contributed by atoms with Crippen LogP contribution in [0.4, 0.5) is 0 Å². The molecule has 13 heavy (non-hydrogen) atoms. The average Bonchev–Trinajstić information content (AvgIpc) is 2.16. The minimum absolute atomic E-state index is 0.0267. The van der Waals surface area contributed by atoms with Crippen molar-refractivity contribution in [2.75, 3.05) is 7.11 Å². The van der Waals surface area contributed by atoms with Crippen LogP contribution in [-0.4, -0.2) is 12.1 Å². The Bertz CT molecular complexity index is 343. The zero-order valence-electron chi connectivity index (χ0n) is 7.54. The summed E-state index contributed by atoms with van der Waals surface area (Å²) in [5.41, 5.74) is 1.63. The molecule has 68 valence electrons. The summed E-state index contributed by atoms with van der Waals surface area (Å²) in [6.07, 6.45) is 6.87. The van der Waals surface area contributed by atoms with E-state index in [9.17, 15) is 0 Å². The smallest absolute Gasteiger partial charge is 0.0974 e. The van der Waals surface area contributed by atoms with E-state index in [0.717, 1.165) is 15.7 Å². The van der Waals surface area contributed by atoms with Crippen molar-refractivity contribution in [1.29, 1.82) is 0 Å². The highest BCUT2D eigenvalue weighted by Gasteiger charge is 2.09. The van der Waals surface area contributed by atoms with E-state index in [1.807, 2.05) is 13.0 Å². The summed E-state index contributed by atoms with van der Waals surface area (Å²) >= 11 is 3.39. The van der Waals surface area contributed by atoms with Gasteiger partial charge < -0.3 is 4.74 Å². The SMILES string of the molecule is C#Cc1cnc([C@H](C)OC)c(Br)c1. The number of terminal acetylenes is 1. The van der Waals surface area contributed by atoms with E-state index in [0.29, 0.717) is 0 Å². The van der Waals surface area contributed by atoms with Crippen molar-refractivity contribution in [3.63, 3.8) is 0 Å². The molecule has 3 heteroatoms. The molecule has 0 fully saturated rings. The van der Waals surface area contributed by atoms with Crippen molar-refractivity contribution in [2.45, 2.75) is 13.0 Å². The Morgan fingerprint density at radius 2 is 2.38 bits per heavy atom. The Hall–Kier alpha value is -0.850. The second-order valence-corrected chi connectivity index (χ2v) is 3.47. The lowest BCUT2D eigenvalue weighted by Crippen LogP contribution is -2.00. The number of nitrogens with zero attached hydrogens (tertiary/aromatic N) is 1. The molecule has 0 spiro atoms. The number of hydrogen-bond donors (Lipinski definition) is 0. The molecule has 0 saturated heterocycles. The molecule has 0 saturated carbocycles. The molecule has 1 heterocycles. The highest BCUT2D eigenvalue weighted by atomic mass is 79.9. The van der Waals surface area contributed by atoms with Gasteiger partial charge in [-0.15, -0.1) is 6.42 Å². The number of halogens is 1. The molecule has 0 amide bonds. The number of ether oxygens (including phenoxy) is 1. The molecule has 1 rings (SSSR count). The number of hydrogen-bond acceptors (Lipinski definition) is 2. The second kappa shape index (κ2) is 4.40. The van der Waals surface area contributed by atoms with Gasteiger partial charge in [0.25, 0.3) is 0 Å². The Morgan fingerprint density at radius 3 is 2.85 bits per heavy atom. The van der Waals surface area contributed by atoms with Crippen LogP contribution in [0.15, 0.2) is 16.7 Å². The molecule has 0 aromatic carbocycles. The first-order chi connectivity index (χ1) is 6.19. The zero-order valence-corrected chi connectivity index (χ0v) is 9.13. The van der Waals surface area contributed by atoms with Crippen LogP contribution in [0.3, 0.4) is 0 Å². The molecule has 0 N–H and O–H groups in total. The summed E-state index contributed by atoms with van der Waals surface area (Å²) in [6.45, 7) is 1.93. The molecule has 0 bridgehead atoms. The topological polar surface area (TPSA) is 22.1 Å². The van der Waals surface area contributed by atoms with Crippen LogP contribution in [0.5, 0.6) is 0 Å². The van der Waals surface area contributed by atoms with Crippen molar-refractivity contribution < 1.29 is 4.74 Å². The van der Waals surface area contributed by atoms with E-state index in [1.54, 1.807) is 13.3 Å². The third kappa shape index (κ3) is 2.30. The van der Waals surface area contributed by atoms with Gasteiger partial charge in [-0.25, -0.2) is 0 Å². The van der Waals surface area contributed by atoms with Gasteiger partial charge in [0.1, 0.15) is 0 Å². The Morgan fingerprint density at radius 1 is 1.69 bits per heavy atom. The van der Waals surface area contributed by atoms with Gasteiger partial charge in [-0.05, 0) is 28.9 Å². The number of methoxy groups -OCH3 is 1. The van der Waals surface area contributed by atoms with Gasteiger partial charge >= 0.3 is 0 Å². The summed E-state index contributed by atoms with van der Waals surface area (Å²) in [6, 6.07) is 1.86. The van der Waals surface area contributed by atoms with Gasteiger partial charge in [0.2, 0.25) is 0 Å². The van der Waals surface area contributed by atoms with Crippen molar-refractivity contribution in [3.05, 3.63) is 28.0 Å². The molecule has 0 aliphatic carbocycles. The highest BCUT2D eigenvalue weighted by Crippen LogP contribution is 2.23. The third-order valence-corrected chi connectivity index (χ3v) is 2.41. The van der Waals surface area contributed by atoms with Gasteiger partial charge in [-0.3, -0.25) is 4.98 Å². The van der Waals surface area contributed by atoms with E-state index in [2.05, 4.69) is 26.8 Å². The summed E-state index contributed by atoms with van der Waals surface area (Å²) in [7, 11) is 1.65. The first-order valence-electron chi connectivity index (χ1n) is 3.84. The van der Waals surface area contributed by atoms with E-state index >= 15 is 0 Å². The fraction of sp³-hybridized carbons (Fsp3) is 0.300. The van der Waals surface area contributed by atoms with Crippen LogP contribution < -0.4 is 0 Å². The van der Waals surface area contributed by atoms with Crippen LogP contribution in [0.2, 0.25) is 0 Å². The summed E-state index contributed by atoms with van der Waals surface area (Å²) in [5, 5.41) is 0. The third-order valence-electron chi connectivity index (χ3n) is 1.77. The monoisotopic (exact) mass is 239 g/mol. The predicted octanol–water partition coefficient (Wildman–Crippen LogP) is 2.53. The quantitative estimate of drug-likeness (QED) is 0.741. The molecule has 0 unspecified atom stereocenters. The van der Waals surface area contributed by atoms with Crippen molar-refractivity contribution in [2.24, 2.45) is 0 Å². The number of pyridine rings is 1. The minimum atomic E-state index is -0.0267. The zero-order chi connectivity index (χ0) is 9.84. The number of aromatic nitrogens is 1. The first-order valence-corrected chi connectivity index (χ1v) is 4.63. The van der Waals surface area contributed by atoms with Crippen LogP contribution in [0, 0.1) is 12.3 Å². The van der Waals surface area contributed by atoms with Crippen molar-refractivity contribution >= 4 is 15.9 Å². The minimum Gasteiger partial charge on any atom is -0.375 e. The molecular formula is C10H10BrNO. The molecule has 1 aromatic rings. The maximum Gasteiger partial charge on any atom is 0.0974 e. The van der Waals surface area contributed by atoms with Crippen LogP contribution in [0.1, 0.15) is 24.3 Å². The standard InChI is InChI=1S/C10H10BrNO/c1-4-8-5-9(11)10(12-6-8)7(2)13-3/h1,5-7H,2-3H3/t7-/m0/s1. The van der Waals surface area contributed by atoms with Gasteiger partial charge in [-0.2, -0.15) is 0 Å². The molecule has 2 nitrogen and oxygen atoms in total. The molecule has 0 aliphatic rings. The molecular weight excluding hydrogens is 230 g/mol. The normalized spacial score (nSPS) is 12.2. The van der Waals surface area contributed by atoms with E-state index < -0.39 is 0 Å². The molecule has 0 aliphatic heterocycles. The highest BCUT2D eigenvalue weighted by molar-refractivity contribution is 9.10. The van der Waals surface area contributed by atoms with E-state index in [-0.39, 0.29) is 6.10 Å². The summed E-state index contributed by atoms with van der Waals surface area (Å²) in [5.74, 6) is 2.52. The van der Waals surface area contributed by atoms with Crippen LogP contribution >= 0.6 is 15.9 Å². The second-order valence-electron chi connectivity index (χ2n) is 2.61. The average molecular weight is 240 g/mol. The fourth-order valence-electron chi connectivity index (χ4n) is 0.938. The van der Waals surface area contributed by atoms with E-state index in [4.69, 9.17) is 11.2 Å². The molecule has 1 atom stereocenters. The largest absolute Gasteiger partial charge is 0.375 e. The molecule has 0 radical (unpaired) electrons. The van der Waals surface area contributed by atoms with E-state index in [1.165, 1.54) is 0 Å². The summed E-state index contributed by atoms with van der Waals surface area (Å²) < 4.78 is 6.03. The van der Waals surface area contributed by atoms with Gasteiger partial charge in [0.15, 0.2) is 0 Å². The van der Waals surface area contributed by atoms with Crippen LogP contribution in [-0.2, 0) is 4.74 Å². The lowest BCUT2D eigenvalue weighted by atomic mass is 10.2. The predicted molar refractivity (Wildman–Crippen MR) is 55.3 cm³/mol. The number of rotatable bonds is 2.